The van der Waals surface area contributed by atoms with Gasteiger partial charge < -0.3 is 0 Å². The van der Waals surface area contributed by atoms with Gasteiger partial charge in [0, 0.05) is 18.3 Å². The van der Waals surface area contributed by atoms with Crippen LogP contribution in [0.2, 0.25) is 0 Å². The first kappa shape index (κ1) is 12.0. The van der Waals surface area contributed by atoms with Gasteiger partial charge in [0.2, 0.25) is 0 Å². The normalized spacial score (nSPS) is 25.0. The summed E-state index contributed by atoms with van der Waals surface area (Å²) in [5.41, 5.74) is 1.32. The first-order chi connectivity index (χ1) is 8.31. The third kappa shape index (κ3) is 3.02. The second-order valence-corrected chi connectivity index (χ2v) is 4.74. The van der Waals surface area contributed by atoms with Gasteiger partial charge in [0.25, 0.3) is 0 Å². The number of hydrogen-bond acceptors (Lipinski definition) is 2. The van der Waals surface area contributed by atoms with Crippen LogP contribution in [0, 0.1) is 5.92 Å². The molecule has 0 N–H and O–H groups in total. The zero-order chi connectivity index (χ0) is 12.1. The van der Waals surface area contributed by atoms with Gasteiger partial charge in [-0.1, -0.05) is 12.1 Å². The van der Waals surface area contributed by atoms with Crippen molar-refractivity contribution in [2.24, 2.45) is 5.92 Å². The van der Waals surface area contributed by atoms with Crippen LogP contribution >= 0.6 is 0 Å². The smallest absolute Gasteiger partial charge is 0.158 e. The minimum absolute atomic E-state index is 0.249. The van der Waals surface area contributed by atoms with Crippen molar-refractivity contribution in [3.63, 3.8) is 0 Å². The summed E-state index contributed by atoms with van der Waals surface area (Å²) < 4.78 is 0. The molecule has 1 saturated carbocycles. The Kier molecular flexibility index (Phi) is 4.08. The molecule has 2 heteroatoms. The molecule has 1 aromatic rings. The number of aromatic nitrogens is 1. The Morgan fingerprint density at radius 3 is 2.71 bits per heavy atom. The maximum absolute atomic E-state index is 11.7. The molecule has 0 aromatic carbocycles. The number of rotatable bonds is 3. The number of carbonyl (C=O) groups excluding carboxylic acids is 1. The van der Waals surface area contributed by atoms with Crippen LogP contribution in [0.15, 0.2) is 36.7 Å². The standard InChI is InChI=1S/C15H19NO/c1-2-4-15(17)13-8-6-12(7-9-13)14-5-3-10-16-11-14/h2-5,10-13H,6-9H2,1H3/b4-2+. The summed E-state index contributed by atoms with van der Waals surface area (Å²) in [5.74, 6) is 1.15. The highest BCUT2D eigenvalue weighted by Crippen LogP contribution is 2.35. The average molecular weight is 229 g/mol. The Hall–Kier alpha value is -1.44. The van der Waals surface area contributed by atoms with Gasteiger partial charge in [-0.25, -0.2) is 0 Å². The molecular weight excluding hydrogens is 210 g/mol. The van der Waals surface area contributed by atoms with E-state index in [-0.39, 0.29) is 5.92 Å². The molecule has 0 unspecified atom stereocenters. The molecule has 1 aromatic heterocycles. The van der Waals surface area contributed by atoms with Crippen molar-refractivity contribution < 1.29 is 4.79 Å². The van der Waals surface area contributed by atoms with E-state index in [1.54, 1.807) is 6.08 Å². The average Bonchev–Trinajstić information content (AvgIpc) is 2.40. The summed E-state index contributed by atoms with van der Waals surface area (Å²) in [6, 6.07) is 4.14. The lowest BCUT2D eigenvalue weighted by Gasteiger charge is -2.27. The summed E-state index contributed by atoms with van der Waals surface area (Å²) in [6.07, 6.45) is 11.6. The summed E-state index contributed by atoms with van der Waals surface area (Å²) in [5, 5.41) is 0. The van der Waals surface area contributed by atoms with Gasteiger partial charge in [-0.3, -0.25) is 9.78 Å². The van der Waals surface area contributed by atoms with Gasteiger partial charge in [0.15, 0.2) is 5.78 Å². The zero-order valence-corrected chi connectivity index (χ0v) is 10.3. The topological polar surface area (TPSA) is 30.0 Å². The fraction of sp³-hybridized carbons (Fsp3) is 0.467. The fourth-order valence-corrected chi connectivity index (χ4v) is 2.63. The van der Waals surface area contributed by atoms with Crippen LogP contribution in [0.1, 0.15) is 44.1 Å². The van der Waals surface area contributed by atoms with E-state index in [0.717, 1.165) is 25.7 Å². The first-order valence-electron chi connectivity index (χ1n) is 6.37. The lowest BCUT2D eigenvalue weighted by atomic mass is 9.77. The number of nitrogens with zero attached hydrogens (tertiary/aromatic N) is 1. The maximum atomic E-state index is 11.7. The number of pyridine rings is 1. The molecule has 17 heavy (non-hydrogen) atoms. The Balaban J connectivity index is 1.92. The lowest BCUT2D eigenvalue weighted by molar-refractivity contribution is -0.119. The molecule has 0 saturated heterocycles. The summed E-state index contributed by atoms with van der Waals surface area (Å²) in [7, 11) is 0. The van der Waals surface area contributed by atoms with E-state index in [4.69, 9.17) is 0 Å². The van der Waals surface area contributed by atoms with E-state index >= 15 is 0 Å². The quantitative estimate of drug-likeness (QED) is 0.742. The summed E-state index contributed by atoms with van der Waals surface area (Å²) >= 11 is 0. The van der Waals surface area contributed by atoms with Gasteiger partial charge in [0.1, 0.15) is 0 Å². The van der Waals surface area contributed by atoms with Crippen LogP contribution < -0.4 is 0 Å². The lowest BCUT2D eigenvalue weighted by Crippen LogP contribution is -2.19. The van der Waals surface area contributed by atoms with Crippen LogP contribution in [0.25, 0.3) is 0 Å². The second kappa shape index (κ2) is 5.76. The number of hydrogen-bond donors (Lipinski definition) is 0. The van der Waals surface area contributed by atoms with Crippen molar-refractivity contribution in [1.82, 2.24) is 4.98 Å². The molecule has 0 amide bonds. The van der Waals surface area contributed by atoms with E-state index in [0.29, 0.717) is 11.7 Å². The predicted molar refractivity (Wildman–Crippen MR) is 68.8 cm³/mol. The van der Waals surface area contributed by atoms with Gasteiger partial charge in [-0.2, -0.15) is 0 Å². The van der Waals surface area contributed by atoms with E-state index < -0.39 is 0 Å². The van der Waals surface area contributed by atoms with Crippen LogP contribution in [-0.2, 0) is 4.79 Å². The third-order valence-electron chi connectivity index (χ3n) is 3.62. The third-order valence-corrected chi connectivity index (χ3v) is 3.62. The van der Waals surface area contributed by atoms with Crippen molar-refractivity contribution in [2.75, 3.05) is 0 Å². The SMILES string of the molecule is C/C=C/C(=O)C1CCC(c2cccnc2)CC1. The molecular formula is C15H19NO. The monoisotopic (exact) mass is 229 g/mol. The molecule has 0 atom stereocenters. The minimum Gasteiger partial charge on any atom is -0.295 e. The molecule has 2 nitrogen and oxygen atoms in total. The number of ketones is 1. The molecule has 0 aliphatic heterocycles. The van der Waals surface area contributed by atoms with Gasteiger partial charge in [-0.15, -0.1) is 0 Å². The second-order valence-electron chi connectivity index (χ2n) is 4.74. The molecule has 1 aliphatic carbocycles. The van der Waals surface area contributed by atoms with Crippen molar-refractivity contribution in [2.45, 2.75) is 38.5 Å². The molecule has 0 bridgehead atoms. The van der Waals surface area contributed by atoms with E-state index in [1.165, 1.54) is 5.56 Å². The highest BCUT2D eigenvalue weighted by atomic mass is 16.1. The Labute approximate surface area is 103 Å². The largest absolute Gasteiger partial charge is 0.295 e. The van der Waals surface area contributed by atoms with Crippen molar-refractivity contribution in [3.8, 4) is 0 Å². The summed E-state index contributed by atoms with van der Waals surface area (Å²) in [6.45, 7) is 1.90. The zero-order valence-electron chi connectivity index (χ0n) is 10.3. The van der Waals surface area contributed by atoms with E-state index in [2.05, 4.69) is 11.1 Å². The number of carbonyl (C=O) groups is 1. The number of allylic oxidation sites excluding steroid dienone is 2. The van der Waals surface area contributed by atoms with Crippen molar-refractivity contribution in [1.29, 1.82) is 0 Å². The summed E-state index contributed by atoms with van der Waals surface area (Å²) in [4.78, 5) is 15.9. The molecule has 1 heterocycles. The highest BCUT2D eigenvalue weighted by molar-refractivity contribution is 5.91. The molecule has 0 radical (unpaired) electrons. The van der Waals surface area contributed by atoms with Crippen molar-refractivity contribution >= 4 is 5.78 Å². The van der Waals surface area contributed by atoms with Crippen LogP contribution in [-0.4, -0.2) is 10.8 Å². The Morgan fingerprint density at radius 2 is 2.12 bits per heavy atom. The van der Waals surface area contributed by atoms with Gasteiger partial charge >= 0.3 is 0 Å². The molecule has 2 rings (SSSR count). The van der Waals surface area contributed by atoms with E-state index in [1.807, 2.05) is 31.5 Å². The first-order valence-corrected chi connectivity index (χ1v) is 6.37. The van der Waals surface area contributed by atoms with Crippen molar-refractivity contribution in [3.05, 3.63) is 42.2 Å². The van der Waals surface area contributed by atoms with E-state index in [9.17, 15) is 4.79 Å². The Morgan fingerprint density at radius 1 is 1.35 bits per heavy atom. The fourth-order valence-electron chi connectivity index (χ4n) is 2.63. The van der Waals surface area contributed by atoms with Gasteiger partial charge in [-0.05, 0) is 56.2 Å². The Bertz CT molecular complexity index is 389. The minimum atomic E-state index is 0.249. The molecule has 1 aliphatic rings. The van der Waals surface area contributed by atoms with Crippen LogP contribution in [0.3, 0.4) is 0 Å². The molecule has 0 spiro atoms. The van der Waals surface area contributed by atoms with Crippen LogP contribution in [0.4, 0.5) is 0 Å². The predicted octanol–water partition coefficient (Wildman–Crippen LogP) is 3.50. The highest BCUT2D eigenvalue weighted by Gasteiger charge is 2.25. The maximum Gasteiger partial charge on any atom is 0.158 e. The molecule has 1 fully saturated rings. The van der Waals surface area contributed by atoms with Crippen LogP contribution in [0.5, 0.6) is 0 Å². The molecule has 90 valence electrons. The van der Waals surface area contributed by atoms with Gasteiger partial charge in [0.05, 0.1) is 0 Å².